The number of rotatable bonds is 3. The van der Waals surface area contributed by atoms with Gasteiger partial charge in [-0.05, 0) is 26.0 Å². The molecule has 0 aliphatic heterocycles. The number of hydrogen-bond acceptors (Lipinski definition) is 3. The van der Waals surface area contributed by atoms with Crippen LogP contribution in [-0.2, 0) is 0 Å². The minimum Gasteiger partial charge on any atom is -0.489 e. The standard InChI is InChI=1S/C9H13NO2/c1-9(2,11)7-12-8-4-3-5-10-6-8/h3-6,11H,7H2,1-2H3. The molecule has 1 N–H and O–H groups in total. The van der Waals surface area contributed by atoms with Crippen LogP contribution in [-0.4, -0.2) is 22.3 Å². The van der Waals surface area contributed by atoms with Gasteiger partial charge in [0, 0.05) is 6.20 Å². The molecule has 0 radical (unpaired) electrons. The number of ether oxygens (including phenoxy) is 1. The van der Waals surface area contributed by atoms with Gasteiger partial charge >= 0.3 is 0 Å². The van der Waals surface area contributed by atoms with E-state index < -0.39 is 5.60 Å². The zero-order valence-electron chi connectivity index (χ0n) is 7.32. The van der Waals surface area contributed by atoms with Crippen LogP contribution in [0.15, 0.2) is 24.5 Å². The lowest BCUT2D eigenvalue weighted by molar-refractivity contribution is 0.0283. The largest absolute Gasteiger partial charge is 0.489 e. The number of pyridine rings is 1. The average Bonchev–Trinajstić information content (AvgIpc) is 2.02. The molecule has 0 aliphatic rings. The lowest BCUT2D eigenvalue weighted by Gasteiger charge is -2.17. The van der Waals surface area contributed by atoms with E-state index >= 15 is 0 Å². The van der Waals surface area contributed by atoms with Crippen LogP contribution in [0.5, 0.6) is 5.75 Å². The van der Waals surface area contributed by atoms with Crippen molar-refractivity contribution in [2.75, 3.05) is 6.61 Å². The molecule has 0 saturated heterocycles. The van der Waals surface area contributed by atoms with Gasteiger partial charge in [0.2, 0.25) is 0 Å². The Labute approximate surface area is 72.0 Å². The first-order valence-corrected chi connectivity index (χ1v) is 3.83. The highest BCUT2D eigenvalue weighted by molar-refractivity contribution is 5.15. The van der Waals surface area contributed by atoms with Gasteiger partial charge in [-0.3, -0.25) is 4.98 Å². The van der Waals surface area contributed by atoms with Crippen molar-refractivity contribution in [3.05, 3.63) is 24.5 Å². The maximum absolute atomic E-state index is 9.33. The Morgan fingerprint density at radius 2 is 2.33 bits per heavy atom. The quantitative estimate of drug-likeness (QED) is 0.736. The monoisotopic (exact) mass is 167 g/mol. The third-order valence-electron chi connectivity index (χ3n) is 1.23. The van der Waals surface area contributed by atoms with E-state index in [0.29, 0.717) is 5.75 Å². The molecule has 0 atom stereocenters. The second-order valence-corrected chi connectivity index (χ2v) is 3.29. The summed E-state index contributed by atoms with van der Waals surface area (Å²) in [6, 6.07) is 3.60. The van der Waals surface area contributed by atoms with Gasteiger partial charge in [0.05, 0.1) is 11.8 Å². The third-order valence-corrected chi connectivity index (χ3v) is 1.23. The van der Waals surface area contributed by atoms with Crippen molar-refractivity contribution in [2.24, 2.45) is 0 Å². The van der Waals surface area contributed by atoms with E-state index in [1.54, 1.807) is 38.4 Å². The van der Waals surface area contributed by atoms with Gasteiger partial charge in [-0.25, -0.2) is 0 Å². The molecule has 1 aromatic heterocycles. The number of nitrogens with zero attached hydrogens (tertiary/aromatic N) is 1. The molecular formula is C9H13NO2. The first-order chi connectivity index (χ1) is 5.58. The summed E-state index contributed by atoms with van der Waals surface area (Å²) in [6.45, 7) is 3.67. The molecule has 1 aromatic rings. The molecule has 0 saturated carbocycles. The van der Waals surface area contributed by atoms with E-state index in [4.69, 9.17) is 4.74 Å². The van der Waals surface area contributed by atoms with E-state index in [2.05, 4.69) is 4.98 Å². The molecule has 0 aromatic carbocycles. The predicted octanol–water partition coefficient (Wildman–Crippen LogP) is 1.23. The number of aromatic nitrogens is 1. The lowest BCUT2D eigenvalue weighted by atomic mass is 10.2. The fourth-order valence-electron chi connectivity index (χ4n) is 0.692. The van der Waals surface area contributed by atoms with Crippen molar-refractivity contribution in [1.82, 2.24) is 4.98 Å². The summed E-state index contributed by atoms with van der Waals surface area (Å²) >= 11 is 0. The molecule has 0 aliphatic carbocycles. The maximum atomic E-state index is 9.33. The van der Waals surface area contributed by atoms with E-state index in [0.717, 1.165) is 0 Å². The Bertz CT molecular complexity index is 228. The number of hydrogen-bond donors (Lipinski definition) is 1. The molecule has 3 heteroatoms. The zero-order valence-corrected chi connectivity index (χ0v) is 7.32. The molecule has 0 spiro atoms. The molecule has 3 nitrogen and oxygen atoms in total. The highest BCUT2D eigenvalue weighted by Gasteiger charge is 2.12. The van der Waals surface area contributed by atoms with Crippen molar-refractivity contribution >= 4 is 0 Å². The molecule has 0 bridgehead atoms. The van der Waals surface area contributed by atoms with Gasteiger partial charge in [0.1, 0.15) is 12.4 Å². The Hall–Kier alpha value is -1.09. The van der Waals surface area contributed by atoms with Crippen LogP contribution in [0.2, 0.25) is 0 Å². The Morgan fingerprint density at radius 1 is 1.58 bits per heavy atom. The first-order valence-electron chi connectivity index (χ1n) is 3.83. The van der Waals surface area contributed by atoms with Crippen LogP contribution in [0.4, 0.5) is 0 Å². The van der Waals surface area contributed by atoms with E-state index in [1.807, 2.05) is 0 Å². The van der Waals surface area contributed by atoms with Gasteiger partial charge < -0.3 is 9.84 Å². The smallest absolute Gasteiger partial charge is 0.137 e. The second-order valence-electron chi connectivity index (χ2n) is 3.29. The van der Waals surface area contributed by atoms with E-state index in [-0.39, 0.29) is 6.61 Å². The first kappa shape index (κ1) is 9.00. The highest BCUT2D eigenvalue weighted by atomic mass is 16.5. The third kappa shape index (κ3) is 3.34. The second kappa shape index (κ2) is 3.54. The summed E-state index contributed by atoms with van der Waals surface area (Å²) in [5.41, 5.74) is -0.796. The van der Waals surface area contributed by atoms with Gasteiger partial charge in [0.25, 0.3) is 0 Å². The molecule has 1 heterocycles. The van der Waals surface area contributed by atoms with Crippen molar-refractivity contribution in [3.63, 3.8) is 0 Å². The Balaban J connectivity index is 2.44. The van der Waals surface area contributed by atoms with Crippen LogP contribution in [0, 0.1) is 0 Å². The van der Waals surface area contributed by atoms with Gasteiger partial charge in [-0.1, -0.05) is 0 Å². The van der Waals surface area contributed by atoms with Gasteiger partial charge in [-0.2, -0.15) is 0 Å². The summed E-state index contributed by atoms with van der Waals surface area (Å²) in [7, 11) is 0. The average molecular weight is 167 g/mol. The fourth-order valence-corrected chi connectivity index (χ4v) is 0.692. The summed E-state index contributed by atoms with van der Waals surface area (Å²) in [5.74, 6) is 0.680. The van der Waals surface area contributed by atoms with Crippen molar-refractivity contribution in [2.45, 2.75) is 19.4 Å². The maximum Gasteiger partial charge on any atom is 0.137 e. The van der Waals surface area contributed by atoms with Gasteiger partial charge in [0.15, 0.2) is 0 Å². The molecular weight excluding hydrogens is 154 g/mol. The summed E-state index contributed by atoms with van der Waals surface area (Å²) < 4.78 is 5.26. The Kier molecular flexibility index (Phi) is 2.65. The molecule has 0 unspecified atom stereocenters. The molecule has 1 rings (SSSR count). The molecule has 12 heavy (non-hydrogen) atoms. The van der Waals surface area contributed by atoms with E-state index in [1.165, 1.54) is 0 Å². The normalized spacial score (nSPS) is 11.2. The van der Waals surface area contributed by atoms with Gasteiger partial charge in [-0.15, -0.1) is 0 Å². The summed E-state index contributed by atoms with van der Waals surface area (Å²) in [5, 5.41) is 9.33. The molecule has 0 fully saturated rings. The minimum absolute atomic E-state index is 0.276. The zero-order chi connectivity index (χ0) is 9.03. The minimum atomic E-state index is -0.796. The molecule has 66 valence electrons. The van der Waals surface area contributed by atoms with E-state index in [9.17, 15) is 5.11 Å². The van der Waals surface area contributed by atoms with Crippen LogP contribution in [0.1, 0.15) is 13.8 Å². The fraction of sp³-hybridized carbons (Fsp3) is 0.444. The summed E-state index contributed by atoms with van der Waals surface area (Å²) in [4.78, 5) is 3.88. The molecule has 0 amide bonds. The van der Waals surface area contributed by atoms with Crippen LogP contribution in [0.3, 0.4) is 0 Å². The predicted molar refractivity (Wildman–Crippen MR) is 46.0 cm³/mol. The van der Waals surface area contributed by atoms with Crippen LogP contribution >= 0.6 is 0 Å². The number of aliphatic hydroxyl groups is 1. The Morgan fingerprint density at radius 3 is 2.83 bits per heavy atom. The van der Waals surface area contributed by atoms with Crippen LogP contribution in [0.25, 0.3) is 0 Å². The lowest BCUT2D eigenvalue weighted by Crippen LogP contribution is -2.27. The van der Waals surface area contributed by atoms with Crippen molar-refractivity contribution < 1.29 is 9.84 Å². The van der Waals surface area contributed by atoms with Crippen molar-refractivity contribution in [3.8, 4) is 5.75 Å². The van der Waals surface area contributed by atoms with Crippen molar-refractivity contribution in [1.29, 1.82) is 0 Å². The highest BCUT2D eigenvalue weighted by Crippen LogP contribution is 2.09. The topological polar surface area (TPSA) is 42.4 Å². The SMILES string of the molecule is CC(C)(O)COc1cccnc1. The van der Waals surface area contributed by atoms with Crippen LogP contribution < -0.4 is 4.74 Å². The summed E-state index contributed by atoms with van der Waals surface area (Å²) in [6.07, 6.45) is 3.29.